The summed E-state index contributed by atoms with van der Waals surface area (Å²) in [6.45, 7) is 0.364. The van der Waals surface area contributed by atoms with Crippen LogP contribution < -0.4 is 10.2 Å². The third kappa shape index (κ3) is 4.04. The highest BCUT2D eigenvalue weighted by atomic mass is 19.4. The van der Waals surface area contributed by atoms with E-state index in [1.165, 1.54) is 12.1 Å². The Hall–Kier alpha value is -2.87. The van der Waals surface area contributed by atoms with Gasteiger partial charge >= 0.3 is 6.18 Å². The van der Waals surface area contributed by atoms with Crippen molar-refractivity contribution in [2.24, 2.45) is 0 Å². The van der Waals surface area contributed by atoms with Crippen LogP contribution in [0.25, 0.3) is 0 Å². The van der Waals surface area contributed by atoms with Crippen LogP contribution in [0.15, 0.2) is 48.5 Å². The number of para-hydroxylation sites is 2. The third-order valence-electron chi connectivity index (χ3n) is 6.06. The molecule has 2 amide bonds. The van der Waals surface area contributed by atoms with Crippen molar-refractivity contribution in [1.82, 2.24) is 4.90 Å². The van der Waals surface area contributed by atoms with Gasteiger partial charge in [0.2, 0.25) is 5.91 Å². The molecule has 1 aliphatic carbocycles. The number of nitrogens with one attached hydrogen (secondary N) is 1. The van der Waals surface area contributed by atoms with E-state index in [1.807, 2.05) is 18.2 Å². The lowest BCUT2D eigenvalue weighted by Crippen LogP contribution is -2.62. The van der Waals surface area contributed by atoms with Crippen molar-refractivity contribution >= 4 is 23.2 Å². The van der Waals surface area contributed by atoms with Crippen molar-refractivity contribution < 1.29 is 22.8 Å². The lowest BCUT2D eigenvalue weighted by molar-refractivity contribution is -0.137. The van der Waals surface area contributed by atoms with Crippen LogP contribution in [0.1, 0.15) is 36.8 Å². The Labute approximate surface area is 178 Å². The molecule has 1 fully saturated rings. The number of hydrogen-bond donors (Lipinski definition) is 1. The number of hydrogen-bond acceptors (Lipinski definition) is 3. The van der Waals surface area contributed by atoms with Crippen molar-refractivity contribution in [3.05, 3.63) is 59.7 Å². The Morgan fingerprint density at radius 1 is 1.10 bits per heavy atom. The summed E-state index contributed by atoms with van der Waals surface area (Å²) in [7, 11) is 1.74. The Kier molecular flexibility index (Phi) is 5.51. The Balaban J connectivity index is 1.53. The molecular formula is C23H24F3N3O2. The summed E-state index contributed by atoms with van der Waals surface area (Å²) in [5.74, 6) is -0.346. The average molecular weight is 431 g/mol. The van der Waals surface area contributed by atoms with E-state index in [1.54, 1.807) is 22.9 Å². The largest absolute Gasteiger partial charge is 0.416 e. The zero-order valence-electron chi connectivity index (χ0n) is 17.2. The van der Waals surface area contributed by atoms with Crippen LogP contribution in [-0.2, 0) is 22.3 Å². The summed E-state index contributed by atoms with van der Waals surface area (Å²) in [5.41, 5.74) is 0.408. The molecule has 1 spiro atoms. The molecule has 1 saturated carbocycles. The SMILES string of the molecule is CN(CC(=O)N1c2ccccc2NC(=O)C12CCCC2)Cc1ccc(C(F)(F)F)cc1. The fraction of sp³-hybridized carbons (Fsp3) is 0.391. The molecule has 0 aromatic heterocycles. The highest BCUT2D eigenvalue weighted by Gasteiger charge is 2.52. The van der Waals surface area contributed by atoms with E-state index in [0.717, 1.165) is 25.0 Å². The van der Waals surface area contributed by atoms with Crippen LogP contribution in [-0.4, -0.2) is 35.8 Å². The van der Waals surface area contributed by atoms with Gasteiger partial charge in [-0.15, -0.1) is 0 Å². The number of nitrogens with zero attached hydrogens (tertiary/aromatic N) is 2. The molecule has 164 valence electrons. The number of anilines is 2. The first-order valence-corrected chi connectivity index (χ1v) is 10.3. The van der Waals surface area contributed by atoms with Crippen molar-refractivity contribution in [3.63, 3.8) is 0 Å². The van der Waals surface area contributed by atoms with Crippen molar-refractivity contribution in [1.29, 1.82) is 0 Å². The first-order chi connectivity index (χ1) is 14.7. The average Bonchev–Trinajstić information content (AvgIpc) is 3.19. The molecule has 5 nitrogen and oxygen atoms in total. The normalized spacial score (nSPS) is 17.7. The van der Waals surface area contributed by atoms with Gasteiger partial charge in [-0.2, -0.15) is 13.2 Å². The van der Waals surface area contributed by atoms with Crippen LogP contribution in [0.4, 0.5) is 24.5 Å². The van der Waals surface area contributed by atoms with Crippen LogP contribution in [0.2, 0.25) is 0 Å². The smallest absolute Gasteiger partial charge is 0.322 e. The molecule has 0 saturated heterocycles. The first kappa shape index (κ1) is 21.4. The second kappa shape index (κ2) is 8.00. The number of likely N-dealkylation sites (N-methyl/N-ethyl adjacent to an activating group) is 1. The zero-order chi connectivity index (χ0) is 22.2. The fourth-order valence-corrected chi connectivity index (χ4v) is 4.60. The quantitative estimate of drug-likeness (QED) is 0.779. The van der Waals surface area contributed by atoms with Gasteiger partial charge in [0.05, 0.1) is 23.5 Å². The summed E-state index contributed by atoms with van der Waals surface area (Å²) in [6, 6.07) is 12.2. The van der Waals surface area contributed by atoms with Crippen LogP contribution in [0.3, 0.4) is 0 Å². The molecule has 8 heteroatoms. The predicted octanol–water partition coefficient (Wildman–Crippen LogP) is 4.44. The molecule has 1 N–H and O–H groups in total. The molecule has 2 aliphatic rings. The van der Waals surface area contributed by atoms with Gasteiger partial charge in [0.15, 0.2) is 0 Å². The van der Waals surface area contributed by atoms with E-state index < -0.39 is 17.3 Å². The van der Waals surface area contributed by atoms with Gasteiger partial charge in [0, 0.05) is 6.54 Å². The number of alkyl halides is 3. The Bertz CT molecular complexity index is 982. The van der Waals surface area contributed by atoms with Gasteiger partial charge in [0.25, 0.3) is 5.91 Å². The van der Waals surface area contributed by atoms with Crippen molar-refractivity contribution in [2.45, 2.75) is 43.9 Å². The molecule has 2 aromatic rings. The fourth-order valence-electron chi connectivity index (χ4n) is 4.60. The standard InChI is InChI=1S/C23H24F3N3O2/c1-28(14-16-8-10-17(11-9-16)23(24,25)26)15-20(30)29-19-7-3-2-6-18(19)27-21(31)22(29)12-4-5-13-22/h2-3,6-11H,4-5,12-15H2,1H3,(H,27,31). The van der Waals surface area contributed by atoms with Crippen molar-refractivity contribution in [3.8, 4) is 0 Å². The molecule has 1 aliphatic heterocycles. The molecule has 4 rings (SSSR count). The van der Waals surface area contributed by atoms with E-state index in [0.29, 0.717) is 36.3 Å². The Morgan fingerprint density at radius 2 is 1.74 bits per heavy atom. The predicted molar refractivity (Wildman–Crippen MR) is 112 cm³/mol. The topological polar surface area (TPSA) is 52.7 Å². The van der Waals surface area contributed by atoms with E-state index >= 15 is 0 Å². The molecule has 0 radical (unpaired) electrons. The third-order valence-corrected chi connectivity index (χ3v) is 6.06. The van der Waals surface area contributed by atoms with E-state index in [-0.39, 0.29) is 18.4 Å². The maximum absolute atomic E-state index is 13.4. The molecule has 0 unspecified atom stereocenters. The molecule has 2 aromatic carbocycles. The van der Waals surface area contributed by atoms with Gasteiger partial charge < -0.3 is 5.32 Å². The second-order valence-corrected chi connectivity index (χ2v) is 8.31. The number of benzene rings is 2. The minimum Gasteiger partial charge on any atom is -0.322 e. The molecular weight excluding hydrogens is 407 g/mol. The zero-order valence-corrected chi connectivity index (χ0v) is 17.2. The molecule has 1 heterocycles. The summed E-state index contributed by atoms with van der Waals surface area (Å²) >= 11 is 0. The van der Waals surface area contributed by atoms with E-state index in [2.05, 4.69) is 5.32 Å². The lowest BCUT2D eigenvalue weighted by atomic mass is 9.89. The number of halogens is 3. The second-order valence-electron chi connectivity index (χ2n) is 8.31. The van der Waals surface area contributed by atoms with Gasteiger partial charge in [-0.25, -0.2) is 0 Å². The van der Waals surface area contributed by atoms with Crippen LogP contribution in [0, 0.1) is 0 Å². The van der Waals surface area contributed by atoms with Gasteiger partial charge in [0.1, 0.15) is 5.54 Å². The van der Waals surface area contributed by atoms with E-state index in [4.69, 9.17) is 0 Å². The number of fused-ring (bicyclic) bond motifs is 1. The monoisotopic (exact) mass is 431 g/mol. The van der Waals surface area contributed by atoms with Crippen LogP contribution >= 0.6 is 0 Å². The number of rotatable bonds is 4. The summed E-state index contributed by atoms with van der Waals surface area (Å²) < 4.78 is 38.3. The van der Waals surface area contributed by atoms with Gasteiger partial charge in [-0.3, -0.25) is 19.4 Å². The highest BCUT2D eigenvalue weighted by molar-refractivity contribution is 6.15. The van der Waals surface area contributed by atoms with E-state index in [9.17, 15) is 22.8 Å². The highest BCUT2D eigenvalue weighted by Crippen LogP contribution is 2.45. The Morgan fingerprint density at radius 3 is 2.39 bits per heavy atom. The summed E-state index contributed by atoms with van der Waals surface area (Å²) in [4.78, 5) is 29.8. The summed E-state index contributed by atoms with van der Waals surface area (Å²) in [5, 5.41) is 2.95. The minimum atomic E-state index is -4.38. The molecule has 0 bridgehead atoms. The van der Waals surface area contributed by atoms with Crippen molar-refractivity contribution in [2.75, 3.05) is 23.8 Å². The van der Waals surface area contributed by atoms with Gasteiger partial charge in [-0.05, 0) is 49.7 Å². The molecule has 31 heavy (non-hydrogen) atoms. The summed E-state index contributed by atoms with van der Waals surface area (Å²) in [6.07, 6.45) is -1.40. The number of amides is 2. The van der Waals surface area contributed by atoms with Crippen LogP contribution in [0.5, 0.6) is 0 Å². The molecule has 0 atom stereocenters. The number of carbonyl (C=O) groups is 2. The number of carbonyl (C=O) groups excluding carboxylic acids is 2. The first-order valence-electron chi connectivity index (χ1n) is 10.3. The van der Waals surface area contributed by atoms with Gasteiger partial charge in [-0.1, -0.05) is 37.1 Å². The lowest BCUT2D eigenvalue weighted by Gasteiger charge is -2.44. The minimum absolute atomic E-state index is 0.0460. The maximum atomic E-state index is 13.4. The maximum Gasteiger partial charge on any atom is 0.416 e.